The van der Waals surface area contributed by atoms with Gasteiger partial charge < -0.3 is 15.6 Å². The van der Waals surface area contributed by atoms with Crippen LogP contribution in [0.2, 0.25) is 0 Å². The summed E-state index contributed by atoms with van der Waals surface area (Å²) in [6, 6.07) is 15.3. The molecule has 0 radical (unpaired) electrons. The number of rotatable bonds is 5. The fraction of sp³-hybridized carbons (Fsp3) is 0.250. The maximum atomic E-state index is 10.6. The highest BCUT2D eigenvalue weighted by Gasteiger charge is 2.23. The number of ether oxygens (including phenoxy) is 1. The molecule has 3 nitrogen and oxygen atoms in total. The molecule has 0 bridgehead atoms. The molecule has 0 fully saturated rings. The second-order valence-corrected chi connectivity index (χ2v) is 5.44. The van der Waals surface area contributed by atoms with Crippen molar-refractivity contribution in [1.29, 1.82) is 0 Å². The van der Waals surface area contributed by atoms with E-state index in [2.05, 4.69) is 15.9 Å². The second-order valence-electron chi connectivity index (χ2n) is 4.59. The quantitative estimate of drug-likeness (QED) is 0.881. The van der Waals surface area contributed by atoms with Crippen molar-refractivity contribution in [2.45, 2.75) is 12.0 Å². The predicted octanol–water partition coefficient (Wildman–Crippen LogP) is 3.23. The van der Waals surface area contributed by atoms with E-state index >= 15 is 0 Å². The minimum Gasteiger partial charge on any atom is -0.497 e. The normalized spacial score (nSPS) is 13.8. The van der Waals surface area contributed by atoms with E-state index in [0.29, 0.717) is 6.54 Å². The molecule has 3 N–H and O–H groups in total. The van der Waals surface area contributed by atoms with Crippen molar-refractivity contribution >= 4 is 15.9 Å². The van der Waals surface area contributed by atoms with E-state index in [9.17, 15) is 5.11 Å². The highest BCUT2D eigenvalue weighted by molar-refractivity contribution is 9.10. The van der Waals surface area contributed by atoms with Gasteiger partial charge >= 0.3 is 0 Å². The molecule has 0 saturated heterocycles. The van der Waals surface area contributed by atoms with Crippen LogP contribution in [-0.2, 0) is 0 Å². The van der Waals surface area contributed by atoms with E-state index in [1.54, 1.807) is 7.11 Å². The van der Waals surface area contributed by atoms with E-state index in [-0.39, 0.29) is 5.92 Å². The molecule has 106 valence electrons. The molecule has 2 rings (SSSR count). The van der Waals surface area contributed by atoms with Crippen LogP contribution in [0.25, 0.3) is 0 Å². The lowest BCUT2D eigenvalue weighted by Crippen LogP contribution is -2.20. The summed E-state index contributed by atoms with van der Waals surface area (Å²) in [5.74, 6) is 0.558. The fourth-order valence-corrected chi connectivity index (χ4v) is 2.84. The summed E-state index contributed by atoms with van der Waals surface area (Å²) in [6.07, 6.45) is -0.672. The van der Waals surface area contributed by atoms with Crippen LogP contribution < -0.4 is 10.5 Å². The van der Waals surface area contributed by atoms with Gasteiger partial charge in [-0.25, -0.2) is 0 Å². The van der Waals surface area contributed by atoms with Gasteiger partial charge in [0.1, 0.15) is 5.75 Å². The van der Waals surface area contributed by atoms with Crippen LogP contribution in [0.3, 0.4) is 0 Å². The third kappa shape index (κ3) is 3.20. The van der Waals surface area contributed by atoms with Crippen LogP contribution in [0.15, 0.2) is 53.0 Å². The zero-order valence-corrected chi connectivity index (χ0v) is 12.9. The Bertz CT molecular complexity index is 574. The summed E-state index contributed by atoms with van der Waals surface area (Å²) in [6.45, 7) is 0.362. The highest BCUT2D eigenvalue weighted by Crippen LogP contribution is 2.35. The van der Waals surface area contributed by atoms with Crippen LogP contribution in [0.1, 0.15) is 23.1 Å². The maximum Gasteiger partial charge on any atom is 0.119 e. The first kappa shape index (κ1) is 15.0. The largest absolute Gasteiger partial charge is 0.497 e. The van der Waals surface area contributed by atoms with Gasteiger partial charge in [0.15, 0.2) is 0 Å². The average molecular weight is 336 g/mol. The van der Waals surface area contributed by atoms with Crippen LogP contribution >= 0.6 is 15.9 Å². The minimum atomic E-state index is -0.672. The number of aliphatic hydroxyl groups is 1. The third-order valence-electron chi connectivity index (χ3n) is 3.38. The average Bonchev–Trinajstić information content (AvgIpc) is 2.49. The topological polar surface area (TPSA) is 55.5 Å². The van der Waals surface area contributed by atoms with Gasteiger partial charge in [-0.1, -0.05) is 46.3 Å². The molecule has 0 aliphatic heterocycles. The molecule has 2 aromatic rings. The Morgan fingerprint density at radius 2 is 1.95 bits per heavy atom. The van der Waals surface area contributed by atoms with Gasteiger partial charge in [0.05, 0.1) is 13.2 Å². The van der Waals surface area contributed by atoms with Crippen LogP contribution in [0.4, 0.5) is 0 Å². The number of methoxy groups -OCH3 is 1. The van der Waals surface area contributed by atoms with E-state index in [4.69, 9.17) is 10.5 Å². The Morgan fingerprint density at radius 3 is 2.60 bits per heavy atom. The van der Waals surface area contributed by atoms with E-state index in [0.717, 1.165) is 21.3 Å². The molecule has 0 aliphatic carbocycles. The monoisotopic (exact) mass is 335 g/mol. The summed E-state index contributed by atoms with van der Waals surface area (Å²) in [5, 5.41) is 10.6. The van der Waals surface area contributed by atoms with Crippen molar-refractivity contribution in [3.8, 4) is 5.75 Å². The molecule has 0 saturated carbocycles. The lowest BCUT2D eigenvalue weighted by atomic mass is 9.89. The smallest absolute Gasteiger partial charge is 0.119 e. The summed E-state index contributed by atoms with van der Waals surface area (Å²) < 4.78 is 6.15. The molecule has 0 aliphatic rings. The zero-order valence-electron chi connectivity index (χ0n) is 11.3. The molecule has 2 unspecified atom stereocenters. The molecule has 0 amide bonds. The Balaban J connectivity index is 2.33. The van der Waals surface area contributed by atoms with Gasteiger partial charge in [0, 0.05) is 16.9 Å². The molecule has 4 heteroatoms. The first-order valence-electron chi connectivity index (χ1n) is 6.44. The predicted molar refractivity (Wildman–Crippen MR) is 83.9 cm³/mol. The fourth-order valence-electron chi connectivity index (χ4n) is 2.26. The molecule has 2 atom stereocenters. The van der Waals surface area contributed by atoms with Crippen molar-refractivity contribution < 1.29 is 9.84 Å². The van der Waals surface area contributed by atoms with Crippen molar-refractivity contribution in [3.05, 3.63) is 64.1 Å². The zero-order chi connectivity index (χ0) is 14.5. The molecule has 20 heavy (non-hydrogen) atoms. The summed E-state index contributed by atoms with van der Waals surface area (Å²) >= 11 is 3.52. The highest BCUT2D eigenvalue weighted by atomic mass is 79.9. The van der Waals surface area contributed by atoms with E-state index < -0.39 is 6.10 Å². The van der Waals surface area contributed by atoms with Crippen LogP contribution in [0, 0.1) is 0 Å². The van der Waals surface area contributed by atoms with Gasteiger partial charge in [0.25, 0.3) is 0 Å². The van der Waals surface area contributed by atoms with Gasteiger partial charge in [-0.15, -0.1) is 0 Å². The van der Waals surface area contributed by atoms with Gasteiger partial charge in [-0.3, -0.25) is 0 Å². The van der Waals surface area contributed by atoms with Crippen molar-refractivity contribution in [1.82, 2.24) is 0 Å². The summed E-state index contributed by atoms with van der Waals surface area (Å²) in [4.78, 5) is 0. The SMILES string of the molecule is COc1cccc(C(O)C(CN)c2ccccc2Br)c1. The van der Waals surface area contributed by atoms with Crippen LogP contribution in [0.5, 0.6) is 5.75 Å². The number of halogens is 1. The van der Waals surface area contributed by atoms with Crippen molar-refractivity contribution in [3.63, 3.8) is 0 Å². The lowest BCUT2D eigenvalue weighted by Gasteiger charge is -2.23. The Morgan fingerprint density at radius 1 is 1.20 bits per heavy atom. The third-order valence-corrected chi connectivity index (χ3v) is 4.10. The molecular weight excluding hydrogens is 318 g/mol. The Kier molecular flexibility index (Phi) is 5.17. The molecule has 0 heterocycles. The van der Waals surface area contributed by atoms with Gasteiger partial charge in [-0.05, 0) is 29.3 Å². The molecule has 2 aromatic carbocycles. The molecule has 0 spiro atoms. The molecule has 0 aromatic heterocycles. The second kappa shape index (κ2) is 6.88. The maximum absolute atomic E-state index is 10.6. The van der Waals surface area contributed by atoms with Gasteiger partial charge in [0.2, 0.25) is 0 Å². The Hall–Kier alpha value is -1.36. The summed E-state index contributed by atoms with van der Waals surface area (Å²) in [5.41, 5.74) is 7.68. The van der Waals surface area contributed by atoms with Crippen LogP contribution in [-0.4, -0.2) is 18.8 Å². The summed E-state index contributed by atoms with van der Waals surface area (Å²) in [7, 11) is 1.61. The van der Waals surface area contributed by atoms with Crippen molar-refractivity contribution in [2.24, 2.45) is 5.73 Å². The number of hydrogen-bond acceptors (Lipinski definition) is 3. The first-order valence-corrected chi connectivity index (χ1v) is 7.23. The van der Waals surface area contributed by atoms with Crippen molar-refractivity contribution in [2.75, 3.05) is 13.7 Å². The minimum absolute atomic E-state index is 0.169. The van der Waals surface area contributed by atoms with Gasteiger partial charge in [-0.2, -0.15) is 0 Å². The number of hydrogen-bond donors (Lipinski definition) is 2. The molecular formula is C16H18BrNO2. The number of aliphatic hydroxyl groups excluding tert-OH is 1. The van der Waals surface area contributed by atoms with E-state index in [1.807, 2.05) is 48.5 Å². The lowest BCUT2D eigenvalue weighted by molar-refractivity contribution is 0.147. The van der Waals surface area contributed by atoms with E-state index in [1.165, 1.54) is 0 Å². The Labute approximate surface area is 127 Å². The number of benzene rings is 2. The number of nitrogens with two attached hydrogens (primary N) is 1. The first-order chi connectivity index (χ1) is 9.67. The standard InChI is InChI=1S/C16H18BrNO2/c1-20-12-6-4-5-11(9-12)16(19)14(10-18)13-7-2-3-8-15(13)17/h2-9,14,16,19H,10,18H2,1H3.